The maximum absolute atomic E-state index is 10.9. The van der Waals surface area contributed by atoms with E-state index in [9.17, 15) is 4.79 Å². The van der Waals surface area contributed by atoms with Crippen molar-refractivity contribution in [2.45, 2.75) is 27.7 Å². The van der Waals surface area contributed by atoms with Crippen LogP contribution < -0.4 is 11.3 Å². The molecule has 3 nitrogen and oxygen atoms in total. The molecule has 0 radical (unpaired) electrons. The Morgan fingerprint density at radius 3 is 2.07 bits per heavy atom. The summed E-state index contributed by atoms with van der Waals surface area (Å²) in [6, 6.07) is 1.59. The lowest BCUT2D eigenvalue weighted by Gasteiger charge is -1.98. The summed E-state index contributed by atoms with van der Waals surface area (Å²) < 4.78 is 2.24. The van der Waals surface area contributed by atoms with Crippen LogP contribution in [0.4, 0.5) is 5.69 Å². The van der Waals surface area contributed by atoms with Crippen molar-refractivity contribution in [2.24, 2.45) is 7.05 Å². The van der Waals surface area contributed by atoms with Crippen LogP contribution in [-0.4, -0.2) is 4.57 Å². The Labute approximate surface area is 94.1 Å². The van der Waals surface area contributed by atoms with Crippen molar-refractivity contribution in [3.05, 3.63) is 27.1 Å². The van der Waals surface area contributed by atoms with Crippen LogP contribution in [0.5, 0.6) is 0 Å². The zero-order valence-electron chi connectivity index (χ0n) is 9.47. The highest BCUT2D eigenvalue weighted by atomic mass is 79.9. The van der Waals surface area contributed by atoms with Crippen LogP contribution in [-0.2, 0) is 7.05 Å². The molecule has 0 saturated heterocycles. The molecule has 0 fully saturated rings. The van der Waals surface area contributed by atoms with Crippen molar-refractivity contribution in [3.63, 3.8) is 0 Å². The number of aromatic nitrogens is 1. The fraction of sp³-hybridized carbons (Fsp3) is 0.500. The number of pyridine rings is 1. The van der Waals surface area contributed by atoms with Gasteiger partial charge in [0, 0.05) is 17.7 Å². The second-order valence-electron chi connectivity index (χ2n) is 2.03. The van der Waals surface area contributed by atoms with Crippen LogP contribution in [0.2, 0.25) is 0 Å². The van der Waals surface area contributed by atoms with E-state index in [2.05, 4.69) is 15.9 Å². The molecule has 2 N–H and O–H groups in total. The average molecular weight is 263 g/mol. The normalized spacial score (nSPS) is 7.86. The second-order valence-corrected chi connectivity index (χ2v) is 2.95. The summed E-state index contributed by atoms with van der Waals surface area (Å²) in [7, 11) is 1.66. The van der Waals surface area contributed by atoms with Gasteiger partial charge in [0.15, 0.2) is 0 Å². The predicted molar refractivity (Wildman–Crippen MR) is 66.5 cm³/mol. The highest BCUT2D eigenvalue weighted by molar-refractivity contribution is 9.10. The van der Waals surface area contributed by atoms with Gasteiger partial charge in [0.05, 0.1) is 5.69 Å². The zero-order chi connectivity index (χ0) is 11.7. The summed E-state index contributed by atoms with van der Waals surface area (Å²) in [5.74, 6) is 0. The van der Waals surface area contributed by atoms with Gasteiger partial charge in [0.25, 0.3) is 5.56 Å². The molecule has 1 rings (SSSR count). The first-order valence-corrected chi connectivity index (χ1v) is 5.52. The average Bonchev–Trinajstić information content (AvgIpc) is 2.20. The highest BCUT2D eigenvalue weighted by Crippen LogP contribution is 2.08. The largest absolute Gasteiger partial charge is 0.394 e. The highest BCUT2D eigenvalue weighted by Gasteiger charge is 1.96. The lowest BCUT2D eigenvalue weighted by atomic mass is 10.4. The smallest absolute Gasteiger partial charge is 0.273 e. The summed E-state index contributed by atoms with van der Waals surface area (Å²) in [6.07, 6.45) is 1.67. The SMILES string of the molecule is CC.CC.Cn1cc(Br)cc(N)c1=O. The van der Waals surface area contributed by atoms with Crippen molar-refractivity contribution in [2.75, 3.05) is 5.73 Å². The fourth-order valence-corrected chi connectivity index (χ4v) is 1.25. The van der Waals surface area contributed by atoms with Crippen LogP contribution in [0.15, 0.2) is 21.5 Å². The first-order valence-electron chi connectivity index (χ1n) is 4.73. The third kappa shape index (κ3) is 5.07. The first kappa shape index (κ1) is 15.7. The Morgan fingerprint density at radius 2 is 1.71 bits per heavy atom. The predicted octanol–water partition coefficient (Wildman–Crippen LogP) is 2.78. The molecular weight excluding hydrogens is 244 g/mol. The van der Waals surface area contributed by atoms with Crippen molar-refractivity contribution in [1.29, 1.82) is 0 Å². The van der Waals surface area contributed by atoms with Gasteiger partial charge in [-0.15, -0.1) is 0 Å². The Hall–Kier alpha value is -0.770. The van der Waals surface area contributed by atoms with Crippen molar-refractivity contribution >= 4 is 21.6 Å². The minimum atomic E-state index is -0.164. The van der Waals surface area contributed by atoms with E-state index >= 15 is 0 Å². The van der Waals surface area contributed by atoms with E-state index in [1.165, 1.54) is 4.57 Å². The number of nitrogens with two attached hydrogens (primary N) is 1. The van der Waals surface area contributed by atoms with Crippen molar-refractivity contribution < 1.29 is 0 Å². The van der Waals surface area contributed by atoms with Gasteiger partial charge in [-0.25, -0.2) is 0 Å². The minimum Gasteiger partial charge on any atom is -0.394 e. The monoisotopic (exact) mass is 262 g/mol. The molecule has 1 aromatic heterocycles. The lowest BCUT2D eigenvalue weighted by Crippen LogP contribution is -2.19. The molecule has 4 heteroatoms. The molecule has 0 saturated carbocycles. The van der Waals surface area contributed by atoms with E-state index in [1.807, 2.05) is 27.7 Å². The van der Waals surface area contributed by atoms with E-state index < -0.39 is 0 Å². The number of nitrogen functional groups attached to an aromatic ring is 1. The van der Waals surface area contributed by atoms with Gasteiger partial charge in [0.2, 0.25) is 0 Å². The quantitative estimate of drug-likeness (QED) is 0.782. The van der Waals surface area contributed by atoms with Crippen molar-refractivity contribution in [1.82, 2.24) is 4.57 Å². The van der Waals surface area contributed by atoms with E-state index in [-0.39, 0.29) is 11.2 Å². The molecule has 0 amide bonds. The number of nitrogens with zero attached hydrogens (tertiary/aromatic N) is 1. The molecular formula is C10H19BrN2O. The molecule has 82 valence electrons. The molecule has 0 aliphatic rings. The van der Waals surface area contributed by atoms with Crippen LogP contribution in [0.1, 0.15) is 27.7 Å². The lowest BCUT2D eigenvalue weighted by molar-refractivity contribution is 0.859. The number of aryl methyl sites for hydroxylation is 1. The molecule has 0 bridgehead atoms. The van der Waals surface area contributed by atoms with Gasteiger partial charge in [-0.1, -0.05) is 27.7 Å². The molecule has 0 spiro atoms. The van der Waals surface area contributed by atoms with Gasteiger partial charge in [0.1, 0.15) is 0 Å². The maximum atomic E-state index is 10.9. The van der Waals surface area contributed by atoms with Gasteiger partial charge < -0.3 is 10.3 Å². The minimum absolute atomic E-state index is 0.164. The van der Waals surface area contributed by atoms with E-state index in [4.69, 9.17) is 5.73 Å². The van der Waals surface area contributed by atoms with Crippen molar-refractivity contribution in [3.8, 4) is 0 Å². The summed E-state index contributed by atoms with van der Waals surface area (Å²) in [5.41, 5.74) is 5.46. The van der Waals surface area contributed by atoms with Crippen LogP contribution in [0.25, 0.3) is 0 Å². The number of hydrogen-bond acceptors (Lipinski definition) is 2. The van der Waals surface area contributed by atoms with E-state index in [0.29, 0.717) is 0 Å². The number of anilines is 1. The van der Waals surface area contributed by atoms with E-state index in [0.717, 1.165) is 4.47 Å². The van der Waals surface area contributed by atoms with Crippen LogP contribution in [0.3, 0.4) is 0 Å². The third-order valence-corrected chi connectivity index (χ3v) is 1.61. The standard InChI is InChI=1S/C6H7BrN2O.2C2H6/c1-9-3-4(7)2-5(8)6(9)10;2*1-2/h2-3H,8H2,1H3;2*1-2H3. The van der Waals surface area contributed by atoms with Crippen LogP contribution >= 0.6 is 15.9 Å². The Morgan fingerprint density at radius 1 is 1.29 bits per heavy atom. The molecule has 0 aliphatic heterocycles. The topological polar surface area (TPSA) is 48.0 Å². The zero-order valence-corrected chi connectivity index (χ0v) is 11.1. The summed E-state index contributed by atoms with van der Waals surface area (Å²) >= 11 is 3.21. The molecule has 1 aromatic rings. The molecule has 0 unspecified atom stereocenters. The third-order valence-electron chi connectivity index (χ3n) is 1.18. The maximum Gasteiger partial charge on any atom is 0.273 e. The summed E-state index contributed by atoms with van der Waals surface area (Å²) in [5, 5.41) is 0. The molecule has 1 heterocycles. The number of rotatable bonds is 0. The Balaban J connectivity index is 0. The Bertz CT molecular complexity index is 281. The Kier molecular flexibility index (Phi) is 9.88. The molecule has 14 heavy (non-hydrogen) atoms. The second kappa shape index (κ2) is 8.81. The van der Waals surface area contributed by atoms with Gasteiger partial charge in [-0.3, -0.25) is 4.79 Å². The van der Waals surface area contributed by atoms with Gasteiger partial charge in [-0.05, 0) is 22.0 Å². The summed E-state index contributed by atoms with van der Waals surface area (Å²) in [4.78, 5) is 10.9. The van der Waals surface area contributed by atoms with E-state index in [1.54, 1.807) is 19.3 Å². The van der Waals surface area contributed by atoms with Gasteiger partial charge in [-0.2, -0.15) is 0 Å². The molecule has 0 atom stereocenters. The molecule has 0 aliphatic carbocycles. The summed E-state index contributed by atoms with van der Waals surface area (Å²) in [6.45, 7) is 8.00. The number of hydrogen-bond donors (Lipinski definition) is 1. The fourth-order valence-electron chi connectivity index (χ4n) is 0.695. The van der Waals surface area contributed by atoms with Crippen LogP contribution in [0, 0.1) is 0 Å². The first-order chi connectivity index (χ1) is 6.61. The van der Waals surface area contributed by atoms with Gasteiger partial charge >= 0.3 is 0 Å². The molecule has 0 aromatic carbocycles. The number of halogens is 1.